The van der Waals surface area contributed by atoms with Gasteiger partial charge in [0.05, 0.1) is 12.1 Å². The second-order valence-electron chi connectivity index (χ2n) is 3.22. The van der Waals surface area contributed by atoms with Gasteiger partial charge in [-0.2, -0.15) is 0 Å². The highest BCUT2D eigenvalue weighted by Gasteiger charge is 2.38. The van der Waals surface area contributed by atoms with E-state index in [2.05, 4.69) is 0 Å². The van der Waals surface area contributed by atoms with Crippen LogP contribution in [-0.2, 0) is 9.59 Å². The predicted molar refractivity (Wildman–Crippen MR) is 53.2 cm³/mol. The summed E-state index contributed by atoms with van der Waals surface area (Å²) >= 11 is 5.64. The molecule has 1 fully saturated rings. The van der Waals surface area contributed by atoms with E-state index in [1.807, 2.05) is 0 Å². The number of halogens is 2. The van der Waals surface area contributed by atoms with Gasteiger partial charge in [0.2, 0.25) is 5.91 Å². The third kappa shape index (κ3) is 1.72. The normalized spacial score (nSPS) is 21.2. The number of hydrogen-bond acceptors (Lipinski definition) is 2. The molecule has 0 saturated carbocycles. The van der Waals surface area contributed by atoms with E-state index < -0.39 is 23.0 Å². The molecule has 3 nitrogen and oxygen atoms in total. The number of carbonyl (C=O) groups is 2. The molecule has 1 atom stereocenters. The highest BCUT2D eigenvalue weighted by molar-refractivity contribution is 6.40. The van der Waals surface area contributed by atoms with Gasteiger partial charge in [0.1, 0.15) is 11.2 Å². The number of rotatable bonds is 1. The van der Waals surface area contributed by atoms with Crippen molar-refractivity contribution < 1.29 is 14.0 Å². The fraction of sp³-hybridized carbons (Fsp3) is 0.200. The van der Waals surface area contributed by atoms with Gasteiger partial charge in [0.15, 0.2) is 0 Å². The van der Waals surface area contributed by atoms with Crippen LogP contribution in [0.15, 0.2) is 24.3 Å². The van der Waals surface area contributed by atoms with Crippen LogP contribution in [0, 0.1) is 5.82 Å². The Morgan fingerprint density at radius 1 is 1.40 bits per heavy atom. The summed E-state index contributed by atoms with van der Waals surface area (Å²) in [6, 6.07) is 5.30. The molecule has 5 heteroatoms. The lowest BCUT2D eigenvalue weighted by Crippen LogP contribution is -2.30. The van der Waals surface area contributed by atoms with Gasteiger partial charge in [-0.3, -0.25) is 9.59 Å². The van der Waals surface area contributed by atoms with Crippen molar-refractivity contribution in [3.8, 4) is 0 Å². The quantitative estimate of drug-likeness (QED) is 0.541. The fourth-order valence-electron chi connectivity index (χ4n) is 1.48. The molecule has 0 aromatic heterocycles. The zero-order chi connectivity index (χ0) is 11.0. The van der Waals surface area contributed by atoms with Crippen LogP contribution in [0.1, 0.15) is 6.42 Å². The number of amides is 2. The van der Waals surface area contributed by atoms with Crippen LogP contribution in [0.2, 0.25) is 0 Å². The molecule has 1 saturated heterocycles. The molecule has 1 aliphatic heterocycles. The lowest BCUT2D eigenvalue weighted by Gasteiger charge is -2.13. The van der Waals surface area contributed by atoms with E-state index in [9.17, 15) is 14.0 Å². The number of benzene rings is 1. The van der Waals surface area contributed by atoms with E-state index in [1.165, 1.54) is 18.2 Å². The molecule has 2 amide bonds. The lowest BCUT2D eigenvalue weighted by molar-refractivity contribution is -0.121. The Kier molecular flexibility index (Phi) is 2.44. The largest absolute Gasteiger partial charge is 0.274 e. The standard InChI is InChI=1S/C10H7ClFNO2/c11-8-5-9(14)13(10(8)15)7-3-1-2-6(12)4-7/h1-4,8H,5H2. The Labute approximate surface area is 90.4 Å². The topological polar surface area (TPSA) is 37.4 Å². The second kappa shape index (κ2) is 3.62. The number of hydrogen-bond donors (Lipinski definition) is 0. The van der Waals surface area contributed by atoms with Gasteiger partial charge < -0.3 is 0 Å². The van der Waals surface area contributed by atoms with Crippen molar-refractivity contribution >= 4 is 29.1 Å². The molecule has 0 N–H and O–H groups in total. The molecule has 1 aliphatic rings. The summed E-state index contributed by atoms with van der Waals surface area (Å²) < 4.78 is 12.9. The molecule has 0 aliphatic carbocycles. The zero-order valence-electron chi connectivity index (χ0n) is 7.61. The molecule has 78 valence electrons. The molecule has 1 aromatic carbocycles. The second-order valence-corrected chi connectivity index (χ2v) is 3.75. The van der Waals surface area contributed by atoms with E-state index in [0.29, 0.717) is 0 Å². The van der Waals surface area contributed by atoms with E-state index in [4.69, 9.17) is 11.6 Å². The number of alkyl halides is 1. The summed E-state index contributed by atoms with van der Waals surface area (Å²) in [5.74, 6) is -1.39. The highest BCUT2D eigenvalue weighted by Crippen LogP contribution is 2.25. The van der Waals surface area contributed by atoms with Gasteiger partial charge in [-0.1, -0.05) is 6.07 Å². The van der Waals surface area contributed by atoms with E-state index in [0.717, 1.165) is 11.0 Å². The van der Waals surface area contributed by atoms with E-state index in [-0.39, 0.29) is 12.1 Å². The summed E-state index contributed by atoms with van der Waals surface area (Å²) in [6.45, 7) is 0. The summed E-state index contributed by atoms with van der Waals surface area (Å²) in [5, 5.41) is -0.833. The van der Waals surface area contributed by atoms with Crippen molar-refractivity contribution in [3.05, 3.63) is 30.1 Å². The van der Waals surface area contributed by atoms with E-state index in [1.54, 1.807) is 0 Å². The smallest absolute Gasteiger partial charge is 0.252 e. The van der Waals surface area contributed by atoms with Crippen molar-refractivity contribution in [3.63, 3.8) is 0 Å². The molecule has 0 spiro atoms. The van der Waals surface area contributed by atoms with Gasteiger partial charge >= 0.3 is 0 Å². The van der Waals surface area contributed by atoms with Gasteiger partial charge in [-0.15, -0.1) is 11.6 Å². The van der Waals surface area contributed by atoms with Crippen molar-refractivity contribution in [1.29, 1.82) is 0 Å². The molecule has 1 heterocycles. The Morgan fingerprint density at radius 3 is 2.67 bits per heavy atom. The highest BCUT2D eigenvalue weighted by atomic mass is 35.5. The first-order valence-corrected chi connectivity index (χ1v) is 4.79. The third-order valence-corrected chi connectivity index (χ3v) is 2.50. The molecular weight excluding hydrogens is 221 g/mol. The maximum atomic E-state index is 12.9. The molecule has 1 aromatic rings. The first-order valence-electron chi connectivity index (χ1n) is 4.36. The molecular formula is C10H7ClFNO2. The Hall–Kier alpha value is -1.42. The van der Waals surface area contributed by atoms with Gasteiger partial charge in [0, 0.05) is 0 Å². The van der Waals surface area contributed by atoms with Gasteiger partial charge in [0.25, 0.3) is 5.91 Å². The Balaban J connectivity index is 2.39. The van der Waals surface area contributed by atoms with Crippen molar-refractivity contribution in [2.75, 3.05) is 4.90 Å². The van der Waals surface area contributed by atoms with E-state index >= 15 is 0 Å². The van der Waals surface area contributed by atoms with Crippen LogP contribution in [-0.4, -0.2) is 17.2 Å². The first-order chi connectivity index (χ1) is 7.09. The minimum absolute atomic E-state index is 0.0309. The minimum atomic E-state index is -0.833. The van der Waals surface area contributed by atoms with Gasteiger partial charge in [-0.25, -0.2) is 9.29 Å². The monoisotopic (exact) mass is 227 g/mol. The number of imide groups is 1. The average Bonchev–Trinajstić information content (AvgIpc) is 2.41. The summed E-state index contributed by atoms with van der Waals surface area (Å²) in [6.07, 6.45) is -0.0309. The Bertz CT molecular complexity index is 435. The van der Waals surface area contributed by atoms with Crippen LogP contribution in [0.25, 0.3) is 0 Å². The molecule has 2 rings (SSSR count). The molecule has 1 unspecified atom stereocenters. The third-order valence-electron chi connectivity index (χ3n) is 2.16. The average molecular weight is 228 g/mol. The zero-order valence-corrected chi connectivity index (χ0v) is 8.37. The maximum absolute atomic E-state index is 12.9. The minimum Gasteiger partial charge on any atom is -0.274 e. The van der Waals surface area contributed by atoms with Crippen molar-refractivity contribution in [2.45, 2.75) is 11.8 Å². The molecule has 0 radical (unpaired) electrons. The predicted octanol–water partition coefficient (Wildman–Crippen LogP) is 1.70. The van der Waals surface area contributed by atoms with Gasteiger partial charge in [-0.05, 0) is 18.2 Å². The van der Waals surface area contributed by atoms with Crippen molar-refractivity contribution in [1.82, 2.24) is 0 Å². The maximum Gasteiger partial charge on any atom is 0.252 e. The van der Waals surface area contributed by atoms with Crippen LogP contribution in [0.5, 0.6) is 0 Å². The summed E-state index contributed by atoms with van der Waals surface area (Å²) in [7, 11) is 0. The lowest BCUT2D eigenvalue weighted by atomic mass is 10.3. The fourth-order valence-corrected chi connectivity index (χ4v) is 1.71. The SMILES string of the molecule is O=C1CC(Cl)C(=O)N1c1cccc(F)c1. The van der Waals surface area contributed by atoms with Crippen LogP contribution < -0.4 is 4.90 Å². The number of anilines is 1. The van der Waals surface area contributed by atoms with Crippen LogP contribution in [0.4, 0.5) is 10.1 Å². The van der Waals surface area contributed by atoms with Crippen LogP contribution in [0.3, 0.4) is 0 Å². The summed E-state index contributed by atoms with van der Waals surface area (Å²) in [5.41, 5.74) is 0.230. The number of carbonyl (C=O) groups excluding carboxylic acids is 2. The van der Waals surface area contributed by atoms with Crippen LogP contribution >= 0.6 is 11.6 Å². The first kappa shape index (κ1) is 10.1. The molecule has 0 bridgehead atoms. The Morgan fingerprint density at radius 2 is 2.13 bits per heavy atom. The summed E-state index contributed by atoms with van der Waals surface area (Å²) in [4.78, 5) is 23.8. The van der Waals surface area contributed by atoms with Crippen molar-refractivity contribution in [2.24, 2.45) is 0 Å². The molecule has 15 heavy (non-hydrogen) atoms. The number of nitrogens with zero attached hydrogens (tertiary/aromatic N) is 1.